The Bertz CT molecular complexity index is 575. The average molecular weight is 283 g/mol. The summed E-state index contributed by atoms with van der Waals surface area (Å²) in [6.45, 7) is 3.75. The van der Waals surface area contributed by atoms with Gasteiger partial charge in [0.1, 0.15) is 4.90 Å². The maximum absolute atomic E-state index is 12.6. The highest BCUT2D eigenvalue weighted by atomic mass is 32.2. The van der Waals surface area contributed by atoms with E-state index in [1.54, 1.807) is 16.6 Å². The van der Waals surface area contributed by atoms with Crippen molar-refractivity contribution >= 4 is 10.0 Å². The van der Waals surface area contributed by atoms with E-state index in [-0.39, 0.29) is 0 Å². The highest BCUT2D eigenvalue weighted by molar-refractivity contribution is 7.89. The molecular formula is C13H21N3O2S. The van der Waals surface area contributed by atoms with Crippen LogP contribution in [0.4, 0.5) is 0 Å². The van der Waals surface area contributed by atoms with Crippen molar-refractivity contribution in [3.63, 3.8) is 0 Å². The van der Waals surface area contributed by atoms with E-state index in [2.05, 4.69) is 6.92 Å². The van der Waals surface area contributed by atoms with Crippen molar-refractivity contribution in [1.82, 2.24) is 8.87 Å². The lowest BCUT2D eigenvalue weighted by Gasteiger charge is -2.14. The van der Waals surface area contributed by atoms with Crippen LogP contribution in [0.1, 0.15) is 37.9 Å². The first kappa shape index (κ1) is 13.1. The second-order valence-electron chi connectivity index (χ2n) is 5.77. The zero-order valence-corrected chi connectivity index (χ0v) is 12.1. The summed E-state index contributed by atoms with van der Waals surface area (Å²) >= 11 is 0. The van der Waals surface area contributed by atoms with Crippen LogP contribution < -0.4 is 5.73 Å². The fourth-order valence-corrected chi connectivity index (χ4v) is 4.38. The Kier molecular flexibility index (Phi) is 3.19. The van der Waals surface area contributed by atoms with E-state index in [0.717, 1.165) is 25.0 Å². The fourth-order valence-electron chi connectivity index (χ4n) is 2.76. The highest BCUT2D eigenvalue weighted by Crippen LogP contribution is 2.37. The fraction of sp³-hybridized carbons (Fsp3) is 0.692. The van der Waals surface area contributed by atoms with Crippen molar-refractivity contribution in [3.05, 3.63) is 18.0 Å². The van der Waals surface area contributed by atoms with Crippen molar-refractivity contribution in [2.75, 3.05) is 13.1 Å². The molecule has 106 valence electrons. The average Bonchev–Trinajstić information content (AvgIpc) is 2.96. The van der Waals surface area contributed by atoms with Crippen molar-refractivity contribution in [1.29, 1.82) is 0 Å². The molecule has 1 unspecified atom stereocenters. The minimum Gasteiger partial charge on any atom is -0.346 e. The van der Waals surface area contributed by atoms with Crippen LogP contribution >= 0.6 is 0 Å². The van der Waals surface area contributed by atoms with Gasteiger partial charge in [0, 0.05) is 37.6 Å². The first-order valence-corrected chi connectivity index (χ1v) is 8.37. The van der Waals surface area contributed by atoms with Gasteiger partial charge in [-0.1, -0.05) is 6.92 Å². The third kappa shape index (κ3) is 2.32. The molecule has 1 saturated carbocycles. The van der Waals surface area contributed by atoms with Gasteiger partial charge in [-0.15, -0.1) is 0 Å². The topological polar surface area (TPSA) is 68.3 Å². The van der Waals surface area contributed by atoms with Gasteiger partial charge in [-0.3, -0.25) is 0 Å². The quantitative estimate of drug-likeness (QED) is 0.906. The van der Waals surface area contributed by atoms with Crippen LogP contribution in [0.5, 0.6) is 0 Å². The van der Waals surface area contributed by atoms with Gasteiger partial charge in [0.25, 0.3) is 0 Å². The number of sulfonamides is 1. The minimum atomic E-state index is -3.33. The molecule has 1 aliphatic carbocycles. The lowest BCUT2D eigenvalue weighted by atomic mass is 10.2. The monoisotopic (exact) mass is 283 g/mol. The summed E-state index contributed by atoms with van der Waals surface area (Å²) in [6, 6.07) is 2.21. The van der Waals surface area contributed by atoms with Crippen LogP contribution in [0.25, 0.3) is 0 Å². The number of nitrogens with two attached hydrogens (primary N) is 1. The second-order valence-corrected chi connectivity index (χ2v) is 7.70. The normalized spacial score (nSPS) is 25.1. The van der Waals surface area contributed by atoms with Gasteiger partial charge in [-0.2, -0.15) is 4.31 Å². The van der Waals surface area contributed by atoms with E-state index in [1.165, 1.54) is 0 Å². The van der Waals surface area contributed by atoms with Crippen LogP contribution in [-0.4, -0.2) is 30.4 Å². The number of rotatable bonds is 4. The number of nitrogens with zero attached hydrogens (tertiary/aromatic N) is 2. The van der Waals surface area contributed by atoms with E-state index in [0.29, 0.717) is 36.5 Å². The molecule has 1 atom stereocenters. The maximum Gasteiger partial charge on any atom is 0.244 e. The predicted octanol–water partition coefficient (Wildman–Crippen LogP) is 1.31. The SMILES string of the molecule is CC1CCN(S(=O)(=O)c2cc(CN)n(C3CC3)c2)C1. The molecule has 1 aromatic heterocycles. The van der Waals surface area contributed by atoms with Gasteiger partial charge >= 0.3 is 0 Å². The van der Waals surface area contributed by atoms with Crippen LogP contribution in [0, 0.1) is 5.92 Å². The predicted molar refractivity (Wildman–Crippen MR) is 73.1 cm³/mol. The molecule has 1 aliphatic heterocycles. The summed E-state index contributed by atoms with van der Waals surface area (Å²) in [5.41, 5.74) is 6.64. The van der Waals surface area contributed by atoms with Crippen molar-refractivity contribution in [3.8, 4) is 0 Å². The molecule has 0 bridgehead atoms. The summed E-state index contributed by atoms with van der Waals surface area (Å²) in [6.07, 6.45) is 4.98. The Labute approximate surface area is 114 Å². The molecule has 0 amide bonds. The van der Waals surface area contributed by atoms with Crippen LogP contribution in [0.2, 0.25) is 0 Å². The lowest BCUT2D eigenvalue weighted by molar-refractivity contribution is 0.464. The maximum atomic E-state index is 12.6. The molecule has 2 heterocycles. The first-order chi connectivity index (χ1) is 9.02. The molecule has 0 spiro atoms. The summed E-state index contributed by atoms with van der Waals surface area (Å²) in [7, 11) is -3.33. The third-order valence-corrected chi connectivity index (χ3v) is 5.91. The van der Waals surface area contributed by atoms with Gasteiger partial charge in [0.15, 0.2) is 0 Å². The summed E-state index contributed by atoms with van der Waals surface area (Å²) < 4.78 is 28.8. The van der Waals surface area contributed by atoms with Crippen LogP contribution in [0.15, 0.2) is 17.2 Å². The molecule has 1 aromatic rings. The lowest BCUT2D eigenvalue weighted by Crippen LogP contribution is -2.28. The molecule has 3 rings (SSSR count). The van der Waals surface area contributed by atoms with E-state index in [9.17, 15) is 8.42 Å². The molecule has 0 radical (unpaired) electrons. The Hall–Kier alpha value is -0.850. The van der Waals surface area contributed by atoms with Crippen molar-refractivity contribution in [2.45, 2.75) is 43.7 Å². The largest absolute Gasteiger partial charge is 0.346 e. The number of aromatic nitrogens is 1. The highest BCUT2D eigenvalue weighted by Gasteiger charge is 2.33. The van der Waals surface area contributed by atoms with Gasteiger partial charge < -0.3 is 10.3 Å². The molecular weight excluding hydrogens is 262 g/mol. The Balaban J connectivity index is 1.92. The minimum absolute atomic E-state index is 0.391. The summed E-state index contributed by atoms with van der Waals surface area (Å²) in [4.78, 5) is 0.411. The molecule has 0 aromatic carbocycles. The second kappa shape index (κ2) is 4.61. The smallest absolute Gasteiger partial charge is 0.244 e. The number of hydrogen-bond donors (Lipinski definition) is 1. The molecule has 2 fully saturated rings. The first-order valence-electron chi connectivity index (χ1n) is 6.93. The van der Waals surface area contributed by atoms with E-state index < -0.39 is 10.0 Å². The molecule has 6 heteroatoms. The van der Waals surface area contributed by atoms with E-state index >= 15 is 0 Å². The van der Waals surface area contributed by atoms with Crippen LogP contribution in [0.3, 0.4) is 0 Å². The van der Waals surface area contributed by atoms with Gasteiger partial charge in [-0.05, 0) is 31.2 Å². The summed E-state index contributed by atoms with van der Waals surface area (Å²) in [5.74, 6) is 0.453. The Morgan fingerprint density at radius 1 is 1.37 bits per heavy atom. The molecule has 1 saturated heterocycles. The summed E-state index contributed by atoms with van der Waals surface area (Å²) in [5, 5.41) is 0. The van der Waals surface area contributed by atoms with Crippen molar-refractivity contribution in [2.24, 2.45) is 11.7 Å². The van der Waals surface area contributed by atoms with Crippen molar-refractivity contribution < 1.29 is 8.42 Å². The number of hydrogen-bond acceptors (Lipinski definition) is 3. The molecule has 2 aliphatic rings. The van der Waals surface area contributed by atoms with Gasteiger partial charge in [0.2, 0.25) is 10.0 Å². The van der Waals surface area contributed by atoms with Gasteiger partial charge in [0.05, 0.1) is 0 Å². The zero-order valence-electron chi connectivity index (χ0n) is 11.2. The third-order valence-electron chi connectivity index (χ3n) is 4.08. The zero-order chi connectivity index (χ0) is 13.6. The standard InChI is InChI=1S/C13H21N3O2S/c1-10-4-5-15(8-10)19(17,18)13-6-12(7-14)16(9-13)11-2-3-11/h6,9-11H,2-5,7-8,14H2,1H3. The van der Waals surface area contributed by atoms with E-state index in [1.807, 2.05) is 4.57 Å². The Morgan fingerprint density at radius 2 is 2.11 bits per heavy atom. The Morgan fingerprint density at radius 3 is 2.63 bits per heavy atom. The molecule has 19 heavy (non-hydrogen) atoms. The van der Waals surface area contributed by atoms with Gasteiger partial charge in [-0.25, -0.2) is 8.42 Å². The molecule has 5 nitrogen and oxygen atoms in total. The van der Waals surface area contributed by atoms with Crippen LogP contribution in [-0.2, 0) is 16.6 Å². The van der Waals surface area contributed by atoms with E-state index in [4.69, 9.17) is 5.73 Å². The molecule has 2 N–H and O–H groups in total.